The van der Waals surface area contributed by atoms with Gasteiger partial charge in [-0.05, 0) is 38.2 Å². The van der Waals surface area contributed by atoms with Crippen LogP contribution in [0.5, 0.6) is 0 Å². The first-order valence-electron chi connectivity index (χ1n) is 10.2. The van der Waals surface area contributed by atoms with Gasteiger partial charge in [0.15, 0.2) is 5.69 Å². The van der Waals surface area contributed by atoms with E-state index in [4.69, 9.17) is 23.2 Å². The normalized spacial score (nSPS) is 28.8. The molecule has 2 aliphatic carbocycles. The van der Waals surface area contributed by atoms with Gasteiger partial charge in [-0.1, -0.05) is 0 Å². The van der Waals surface area contributed by atoms with Gasteiger partial charge in [-0.15, -0.1) is 23.2 Å². The molecule has 0 bridgehead atoms. The maximum atomic E-state index is 13.2. The SMILES string of the molecule is C[C@@H](NC(=O)[C@@H]1C[C@H]2C[C@H]2N1C(=O)Cn1nc(C(=O)O)c2ccncc21)[C@H]1CC1(Cl)Cl. The van der Waals surface area contributed by atoms with Crippen LogP contribution in [0, 0.1) is 11.8 Å². The second-order valence-electron chi connectivity index (χ2n) is 8.69. The summed E-state index contributed by atoms with van der Waals surface area (Å²) in [6, 6.07) is 0.855. The smallest absolute Gasteiger partial charge is 0.357 e. The fourth-order valence-electron chi connectivity index (χ4n) is 4.76. The molecular weight excluding hydrogens is 445 g/mol. The third kappa shape index (κ3) is 3.53. The van der Waals surface area contributed by atoms with E-state index in [1.54, 1.807) is 11.0 Å². The number of aromatic nitrogens is 3. The largest absolute Gasteiger partial charge is 0.476 e. The van der Waals surface area contributed by atoms with Crippen LogP contribution >= 0.6 is 23.2 Å². The molecule has 164 valence electrons. The lowest BCUT2D eigenvalue weighted by molar-refractivity contribution is -0.140. The Hall–Kier alpha value is -2.39. The lowest BCUT2D eigenvalue weighted by Gasteiger charge is -2.28. The quantitative estimate of drug-likeness (QED) is 0.628. The summed E-state index contributed by atoms with van der Waals surface area (Å²) in [4.78, 5) is 43.3. The highest BCUT2D eigenvalue weighted by Gasteiger charge is 2.58. The molecule has 2 amide bonds. The number of piperidine rings is 1. The predicted octanol–water partition coefficient (Wildman–Crippen LogP) is 1.82. The van der Waals surface area contributed by atoms with E-state index < -0.39 is 16.3 Å². The Morgan fingerprint density at radius 1 is 1.35 bits per heavy atom. The molecule has 0 aromatic carbocycles. The van der Waals surface area contributed by atoms with Crippen molar-refractivity contribution in [2.75, 3.05) is 0 Å². The predicted molar refractivity (Wildman–Crippen MR) is 112 cm³/mol. The number of carboxylic acids is 1. The van der Waals surface area contributed by atoms with Crippen LogP contribution in [0.15, 0.2) is 18.5 Å². The Kier molecular flexibility index (Phi) is 4.67. The number of hydrogen-bond acceptors (Lipinski definition) is 5. The van der Waals surface area contributed by atoms with Gasteiger partial charge < -0.3 is 15.3 Å². The molecule has 0 radical (unpaired) electrons. The molecule has 0 spiro atoms. The van der Waals surface area contributed by atoms with Crippen molar-refractivity contribution in [2.45, 2.75) is 55.2 Å². The molecular formula is C20H21Cl2N5O4. The number of nitrogens with zero attached hydrogens (tertiary/aromatic N) is 4. The zero-order valence-electron chi connectivity index (χ0n) is 16.7. The number of rotatable bonds is 6. The number of alkyl halides is 2. The molecule has 31 heavy (non-hydrogen) atoms. The number of likely N-dealkylation sites (tertiary alicyclic amines) is 1. The molecule has 1 saturated heterocycles. The van der Waals surface area contributed by atoms with Crippen LogP contribution in [0.1, 0.15) is 36.7 Å². The number of carbonyl (C=O) groups is 3. The summed E-state index contributed by atoms with van der Waals surface area (Å²) in [6.07, 6.45) is 5.09. The van der Waals surface area contributed by atoms with E-state index in [2.05, 4.69) is 15.4 Å². The van der Waals surface area contributed by atoms with E-state index in [0.29, 0.717) is 29.7 Å². The van der Waals surface area contributed by atoms with Crippen LogP contribution in [0.25, 0.3) is 10.9 Å². The number of halogens is 2. The molecule has 5 rings (SSSR count). The fourth-order valence-corrected chi connectivity index (χ4v) is 5.47. The van der Waals surface area contributed by atoms with Gasteiger partial charge in [0.2, 0.25) is 11.8 Å². The molecule has 2 aromatic heterocycles. The minimum atomic E-state index is -1.17. The van der Waals surface area contributed by atoms with Gasteiger partial charge in [0.1, 0.15) is 16.9 Å². The summed E-state index contributed by atoms with van der Waals surface area (Å²) in [5, 5.41) is 16.9. The first-order valence-corrected chi connectivity index (χ1v) is 11.0. The van der Waals surface area contributed by atoms with Crippen LogP contribution < -0.4 is 5.32 Å². The van der Waals surface area contributed by atoms with Crippen molar-refractivity contribution >= 4 is 51.9 Å². The number of nitrogens with one attached hydrogen (secondary N) is 1. The van der Waals surface area contributed by atoms with E-state index in [1.165, 1.54) is 17.1 Å². The van der Waals surface area contributed by atoms with Crippen molar-refractivity contribution in [2.24, 2.45) is 11.8 Å². The minimum absolute atomic E-state index is 0.00255. The highest BCUT2D eigenvalue weighted by molar-refractivity contribution is 6.50. The highest BCUT2D eigenvalue weighted by Crippen LogP contribution is 2.55. The Labute approximate surface area is 187 Å². The average molecular weight is 466 g/mol. The number of aromatic carboxylic acids is 1. The van der Waals surface area contributed by atoms with Crippen molar-refractivity contribution in [3.05, 3.63) is 24.2 Å². The first kappa shape index (κ1) is 20.5. The van der Waals surface area contributed by atoms with Crippen LogP contribution in [0.2, 0.25) is 0 Å². The molecule has 2 N–H and O–H groups in total. The standard InChI is InChI=1S/C20H21Cl2N5O4/c1-9(12-6-20(12,21)22)24-18(29)14-5-10-4-13(10)27(14)16(28)8-26-15-7-23-3-2-11(15)17(25-26)19(30)31/h2-3,7,9-10,12-14H,4-6,8H2,1H3,(H,24,29)(H,30,31)/t9-,10-,12-,13-,14+/m1/s1. The van der Waals surface area contributed by atoms with Crippen molar-refractivity contribution in [1.82, 2.24) is 25.0 Å². The van der Waals surface area contributed by atoms with Crippen LogP contribution in [0.3, 0.4) is 0 Å². The Balaban J connectivity index is 1.33. The number of carboxylic acid groups (broad SMARTS) is 1. The van der Waals surface area contributed by atoms with Crippen molar-refractivity contribution in [3.63, 3.8) is 0 Å². The summed E-state index contributed by atoms with van der Waals surface area (Å²) < 4.78 is 0.554. The number of fused-ring (bicyclic) bond motifs is 2. The maximum absolute atomic E-state index is 13.2. The zero-order chi connectivity index (χ0) is 22.1. The number of carbonyl (C=O) groups excluding carboxylic acids is 2. The van der Waals surface area contributed by atoms with Gasteiger partial charge in [-0.3, -0.25) is 19.3 Å². The molecule has 11 heteroatoms. The van der Waals surface area contributed by atoms with Gasteiger partial charge >= 0.3 is 5.97 Å². The van der Waals surface area contributed by atoms with E-state index >= 15 is 0 Å². The Morgan fingerprint density at radius 2 is 2.10 bits per heavy atom. The highest BCUT2D eigenvalue weighted by atomic mass is 35.5. The lowest BCUT2D eigenvalue weighted by Crippen LogP contribution is -2.51. The van der Waals surface area contributed by atoms with Crippen molar-refractivity contribution < 1.29 is 19.5 Å². The third-order valence-corrected chi connectivity index (χ3v) is 7.45. The Morgan fingerprint density at radius 3 is 2.77 bits per heavy atom. The summed E-state index contributed by atoms with van der Waals surface area (Å²) in [5.74, 6) is -1.33. The summed E-state index contributed by atoms with van der Waals surface area (Å²) >= 11 is 12.2. The first-order chi connectivity index (χ1) is 14.7. The summed E-state index contributed by atoms with van der Waals surface area (Å²) in [5.41, 5.74) is 0.331. The molecule has 2 saturated carbocycles. The summed E-state index contributed by atoms with van der Waals surface area (Å²) in [7, 11) is 0. The molecule has 1 aliphatic heterocycles. The van der Waals surface area contributed by atoms with Crippen LogP contribution in [0.4, 0.5) is 0 Å². The topological polar surface area (TPSA) is 117 Å². The van der Waals surface area contributed by atoms with Gasteiger partial charge in [0, 0.05) is 29.6 Å². The second-order valence-corrected chi connectivity index (χ2v) is 10.2. The average Bonchev–Trinajstić information content (AvgIpc) is 3.52. The maximum Gasteiger partial charge on any atom is 0.357 e. The van der Waals surface area contributed by atoms with E-state index in [9.17, 15) is 19.5 Å². The molecule has 5 atom stereocenters. The van der Waals surface area contributed by atoms with E-state index in [0.717, 1.165) is 6.42 Å². The molecule has 3 aliphatic rings. The number of amides is 2. The molecule has 9 nitrogen and oxygen atoms in total. The van der Waals surface area contributed by atoms with Crippen LogP contribution in [-0.4, -0.2) is 65.0 Å². The monoisotopic (exact) mass is 465 g/mol. The number of pyridine rings is 1. The molecule has 3 heterocycles. The molecule has 0 unspecified atom stereocenters. The second kappa shape index (κ2) is 7.06. The van der Waals surface area contributed by atoms with Gasteiger partial charge in [0.05, 0.1) is 11.7 Å². The minimum Gasteiger partial charge on any atom is -0.476 e. The van der Waals surface area contributed by atoms with Crippen molar-refractivity contribution in [1.29, 1.82) is 0 Å². The zero-order valence-corrected chi connectivity index (χ0v) is 18.2. The van der Waals surface area contributed by atoms with Gasteiger partial charge in [-0.25, -0.2) is 4.79 Å². The molecule has 3 fully saturated rings. The van der Waals surface area contributed by atoms with Crippen molar-refractivity contribution in [3.8, 4) is 0 Å². The van der Waals surface area contributed by atoms with Gasteiger partial charge in [0.25, 0.3) is 0 Å². The van der Waals surface area contributed by atoms with E-state index in [1.807, 2.05) is 6.92 Å². The third-order valence-electron chi connectivity index (χ3n) is 6.58. The van der Waals surface area contributed by atoms with E-state index in [-0.39, 0.29) is 42.1 Å². The Bertz CT molecular complexity index is 1100. The summed E-state index contributed by atoms with van der Waals surface area (Å²) in [6.45, 7) is 1.71. The fraction of sp³-hybridized carbons (Fsp3) is 0.550. The molecule has 2 aromatic rings. The van der Waals surface area contributed by atoms with Gasteiger partial charge in [-0.2, -0.15) is 5.10 Å². The lowest BCUT2D eigenvalue weighted by atomic mass is 10.1. The number of hydrogen-bond donors (Lipinski definition) is 2. The van der Waals surface area contributed by atoms with Crippen LogP contribution in [-0.2, 0) is 16.1 Å².